The Labute approximate surface area is 73.8 Å². The van der Waals surface area contributed by atoms with Gasteiger partial charge in [-0.15, -0.1) is 0 Å². The van der Waals surface area contributed by atoms with Gasteiger partial charge in [0.2, 0.25) is 0 Å². The largest absolute Gasteiger partial charge is 0.269 e. The molecule has 0 bridgehead atoms. The van der Waals surface area contributed by atoms with E-state index in [0.29, 0.717) is 6.04 Å². The molecule has 0 N–H and O–H groups in total. The first kappa shape index (κ1) is 6.64. The molecule has 0 aromatic carbocycles. The number of aromatic nitrogens is 2. The van der Waals surface area contributed by atoms with E-state index in [2.05, 4.69) is 44.6 Å². The second-order valence-electron chi connectivity index (χ2n) is 2.70. The maximum Gasteiger partial charge on any atom is 0.123 e. The minimum atomic E-state index is 0.712. The van der Waals surface area contributed by atoms with Gasteiger partial charge < -0.3 is 0 Å². The van der Waals surface area contributed by atoms with Gasteiger partial charge in [-0.05, 0) is 47.9 Å². The maximum atomic E-state index is 4.34. The molecule has 0 amide bonds. The molecule has 2 nitrogen and oxygen atoms in total. The minimum Gasteiger partial charge on any atom is -0.269 e. The van der Waals surface area contributed by atoms with Gasteiger partial charge in [0.15, 0.2) is 0 Å². The average molecular weight is 248 g/mol. The van der Waals surface area contributed by atoms with Crippen LogP contribution in [0.3, 0.4) is 0 Å². The maximum absolute atomic E-state index is 4.34. The third-order valence-electron chi connectivity index (χ3n) is 2.02. The lowest BCUT2D eigenvalue weighted by molar-refractivity contribution is 0.288. The molecule has 54 valence electrons. The van der Waals surface area contributed by atoms with Gasteiger partial charge >= 0.3 is 0 Å². The lowest BCUT2D eigenvalue weighted by Gasteiger charge is -2.25. The van der Waals surface area contributed by atoms with Crippen molar-refractivity contribution in [2.75, 3.05) is 0 Å². The highest BCUT2D eigenvalue weighted by atomic mass is 127. The summed E-state index contributed by atoms with van der Waals surface area (Å²) in [4.78, 5) is 0. The van der Waals surface area contributed by atoms with Crippen molar-refractivity contribution in [1.82, 2.24) is 9.78 Å². The first-order valence-corrected chi connectivity index (χ1v) is 4.65. The van der Waals surface area contributed by atoms with Crippen LogP contribution in [0.5, 0.6) is 0 Å². The van der Waals surface area contributed by atoms with Crippen LogP contribution in [0.15, 0.2) is 12.3 Å². The highest BCUT2D eigenvalue weighted by Gasteiger charge is 2.19. The lowest BCUT2D eigenvalue weighted by Crippen LogP contribution is -2.17. The molecule has 0 aliphatic heterocycles. The summed E-state index contributed by atoms with van der Waals surface area (Å²) in [7, 11) is 0. The number of hydrogen-bond donors (Lipinski definition) is 0. The first-order valence-electron chi connectivity index (χ1n) is 3.57. The van der Waals surface area contributed by atoms with Crippen LogP contribution < -0.4 is 0 Å². The second-order valence-corrected chi connectivity index (χ2v) is 3.81. The van der Waals surface area contributed by atoms with Crippen LogP contribution in [0.1, 0.15) is 25.3 Å². The van der Waals surface area contributed by atoms with Crippen molar-refractivity contribution >= 4 is 22.6 Å². The summed E-state index contributed by atoms with van der Waals surface area (Å²) in [5.74, 6) is 0. The van der Waals surface area contributed by atoms with Crippen LogP contribution in [0.4, 0.5) is 0 Å². The van der Waals surface area contributed by atoms with E-state index < -0.39 is 0 Å². The molecule has 0 spiro atoms. The fourth-order valence-corrected chi connectivity index (χ4v) is 1.58. The molecule has 1 fully saturated rings. The van der Waals surface area contributed by atoms with E-state index in [1.54, 1.807) is 0 Å². The van der Waals surface area contributed by atoms with E-state index in [0.717, 1.165) is 3.70 Å². The predicted octanol–water partition coefficient (Wildman–Crippen LogP) is 2.21. The van der Waals surface area contributed by atoms with E-state index in [9.17, 15) is 0 Å². The SMILES string of the molecule is Ic1ccn(C2CCC2)n1. The Morgan fingerprint density at radius 3 is 2.80 bits per heavy atom. The van der Waals surface area contributed by atoms with Crippen molar-refractivity contribution in [3.05, 3.63) is 16.0 Å². The summed E-state index contributed by atoms with van der Waals surface area (Å²) in [5, 5.41) is 4.34. The Morgan fingerprint density at radius 2 is 2.40 bits per heavy atom. The molecule has 0 atom stereocenters. The molecule has 0 unspecified atom stereocenters. The van der Waals surface area contributed by atoms with E-state index in [1.165, 1.54) is 19.3 Å². The van der Waals surface area contributed by atoms with Crippen molar-refractivity contribution in [3.63, 3.8) is 0 Å². The molecular weight excluding hydrogens is 239 g/mol. The van der Waals surface area contributed by atoms with E-state index >= 15 is 0 Å². The molecule has 1 heterocycles. The molecule has 0 saturated heterocycles. The molecule has 1 aromatic heterocycles. The van der Waals surface area contributed by atoms with Crippen molar-refractivity contribution in [2.45, 2.75) is 25.3 Å². The molecule has 3 heteroatoms. The Bertz CT molecular complexity index is 227. The molecule has 2 rings (SSSR count). The first-order chi connectivity index (χ1) is 4.86. The zero-order chi connectivity index (χ0) is 6.97. The third kappa shape index (κ3) is 1.07. The number of hydrogen-bond acceptors (Lipinski definition) is 1. The lowest BCUT2D eigenvalue weighted by atomic mass is 9.93. The molecule has 1 aliphatic rings. The van der Waals surface area contributed by atoms with E-state index in [4.69, 9.17) is 0 Å². The summed E-state index contributed by atoms with van der Waals surface area (Å²) in [6, 6.07) is 2.77. The summed E-state index contributed by atoms with van der Waals surface area (Å²) >= 11 is 2.24. The van der Waals surface area contributed by atoms with Gasteiger partial charge in [0.25, 0.3) is 0 Å². The van der Waals surface area contributed by atoms with Crippen LogP contribution >= 0.6 is 22.6 Å². The van der Waals surface area contributed by atoms with Crippen molar-refractivity contribution in [3.8, 4) is 0 Å². The summed E-state index contributed by atoms with van der Waals surface area (Å²) in [5.41, 5.74) is 0. The Balaban J connectivity index is 2.17. The Kier molecular flexibility index (Phi) is 1.68. The zero-order valence-electron chi connectivity index (χ0n) is 5.63. The van der Waals surface area contributed by atoms with Crippen LogP contribution in [0.2, 0.25) is 0 Å². The van der Waals surface area contributed by atoms with Gasteiger partial charge in [-0.3, -0.25) is 4.68 Å². The van der Waals surface area contributed by atoms with Gasteiger partial charge in [-0.2, -0.15) is 5.10 Å². The number of rotatable bonds is 1. The van der Waals surface area contributed by atoms with Gasteiger partial charge in [0, 0.05) is 6.20 Å². The van der Waals surface area contributed by atoms with Crippen LogP contribution in [-0.4, -0.2) is 9.78 Å². The topological polar surface area (TPSA) is 17.8 Å². The average Bonchev–Trinajstić information content (AvgIpc) is 2.10. The molecule has 0 radical (unpaired) electrons. The third-order valence-corrected chi connectivity index (χ3v) is 2.60. The monoisotopic (exact) mass is 248 g/mol. The van der Waals surface area contributed by atoms with E-state index in [-0.39, 0.29) is 0 Å². The van der Waals surface area contributed by atoms with E-state index in [1.807, 2.05) is 0 Å². The zero-order valence-corrected chi connectivity index (χ0v) is 7.78. The number of nitrogens with zero attached hydrogens (tertiary/aromatic N) is 2. The van der Waals surface area contributed by atoms with Crippen LogP contribution in [-0.2, 0) is 0 Å². The fraction of sp³-hybridized carbons (Fsp3) is 0.571. The van der Waals surface area contributed by atoms with Crippen molar-refractivity contribution < 1.29 is 0 Å². The normalized spacial score (nSPS) is 18.9. The van der Waals surface area contributed by atoms with Gasteiger partial charge in [-0.1, -0.05) is 0 Å². The van der Waals surface area contributed by atoms with Crippen LogP contribution in [0, 0.1) is 3.70 Å². The Morgan fingerprint density at radius 1 is 1.60 bits per heavy atom. The van der Waals surface area contributed by atoms with Crippen molar-refractivity contribution in [2.24, 2.45) is 0 Å². The smallest absolute Gasteiger partial charge is 0.123 e. The highest BCUT2D eigenvalue weighted by Crippen LogP contribution is 2.30. The predicted molar refractivity (Wildman–Crippen MR) is 47.8 cm³/mol. The molecule has 10 heavy (non-hydrogen) atoms. The quantitative estimate of drug-likeness (QED) is 0.696. The fourth-order valence-electron chi connectivity index (χ4n) is 1.17. The molecular formula is C7H9IN2. The van der Waals surface area contributed by atoms with Crippen molar-refractivity contribution in [1.29, 1.82) is 0 Å². The summed E-state index contributed by atoms with van der Waals surface area (Å²) in [6.45, 7) is 0. The highest BCUT2D eigenvalue weighted by molar-refractivity contribution is 14.1. The Hall–Kier alpha value is -0.0600. The van der Waals surface area contributed by atoms with Gasteiger partial charge in [0.1, 0.15) is 3.70 Å². The van der Waals surface area contributed by atoms with Crippen LogP contribution in [0.25, 0.3) is 0 Å². The van der Waals surface area contributed by atoms with Gasteiger partial charge in [-0.25, -0.2) is 0 Å². The molecule has 1 aromatic rings. The number of halogens is 1. The molecule has 1 saturated carbocycles. The molecule has 1 aliphatic carbocycles. The minimum absolute atomic E-state index is 0.712. The summed E-state index contributed by atoms with van der Waals surface area (Å²) in [6.07, 6.45) is 6.09. The second kappa shape index (κ2) is 2.53. The summed E-state index contributed by atoms with van der Waals surface area (Å²) < 4.78 is 3.19. The van der Waals surface area contributed by atoms with Gasteiger partial charge in [0.05, 0.1) is 6.04 Å². The standard InChI is InChI=1S/C7H9IN2/c8-7-4-5-10(9-7)6-2-1-3-6/h4-6H,1-3H2.